The lowest BCUT2D eigenvalue weighted by Gasteiger charge is -2.09. The number of aryl methyl sites for hydroxylation is 1. The summed E-state index contributed by atoms with van der Waals surface area (Å²) in [5.74, 6) is -0.519. The molecule has 0 saturated heterocycles. The molecule has 18 heavy (non-hydrogen) atoms. The minimum absolute atomic E-state index is 0.0501. The number of amides is 2. The molecule has 0 spiro atoms. The summed E-state index contributed by atoms with van der Waals surface area (Å²) < 4.78 is 0. The Kier molecular flexibility index (Phi) is 5.32. The minimum atomic E-state index is -0.469. The van der Waals surface area contributed by atoms with Crippen LogP contribution in [0.1, 0.15) is 29.3 Å². The highest BCUT2D eigenvalue weighted by molar-refractivity contribution is 5.95. The Morgan fingerprint density at radius 2 is 2.06 bits per heavy atom. The number of nitrogens with one attached hydrogen (secondary N) is 2. The molecule has 0 fully saturated rings. The largest absolute Gasteiger partial charge is 0.366 e. The predicted molar refractivity (Wildman–Crippen MR) is 71.5 cm³/mol. The van der Waals surface area contributed by atoms with Crippen molar-refractivity contribution < 1.29 is 9.59 Å². The van der Waals surface area contributed by atoms with Gasteiger partial charge in [0, 0.05) is 24.2 Å². The van der Waals surface area contributed by atoms with E-state index in [0.29, 0.717) is 24.2 Å². The van der Waals surface area contributed by atoms with Crippen LogP contribution in [0.25, 0.3) is 0 Å². The maximum atomic E-state index is 11.6. The van der Waals surface area contributed by atoms with Gasteiger partial charge in [-0.05, 0) is 37.2 Å². The van der Waals surface area contributed by atoms with Gasteiger partial charge in [-0.2, -0.15) is 0 Å². The first kappa shape index (κ1) is 14.2. The van der Waals surface area contributed by atoms with E-state index in [2.05, 4.69) is 10.6 Å². The number of hydrogen-bond donors (Lipinski definition) is 3. The van der Waals surface area contributed by atoms with E-state index in [4.69, 9.17) is 5.73 Å². The summed E-state index contributed by atoms with van der Waals surface area (Å²) in [4.78, 5) is 22.6. The molecule has 4 N–H and O–H groups in total. The van der Waals surface area contributed by atoms with Crippen molar-refractivity contribution in [2.45, 2.75) is 20.3 Å². The van der Waals surface area contributed by atoms with Crippen molar-refractivity contribution in [2.24, 2.45) is 5.73 Å². The zero-order chi connectivity index (χ0) is 13.5. The molecule has 0 heterocycles. The third-order valence-electron chi connectivity index (χ3n) is 2.56. The van der Waals surface area contributed by atoms with Crippen molar-refractivity contribution in [3.05, 3.63) is 29.3 Å². The summed E-state index contributed by atoms with van der Waals surface area (Å²) >= 11 is 0. The van der Waals surface area contributed by atoms with Gasteiger partial charge in [-0.1, -0.05) is 6.92 Å². The van der Waals surface area contributed by atoms with Crippen molar-refractivity contribution in [3.63, 3.8) is 0 Å². The first-order valence-corrected chi connectivity index (χ1v) is 5.95. The zero-order valence-corrected chi connectivity index (χ0v) is 10.7. The van der Waals surface area contributed by atoms with Gasteiger partial charge in [-0.25, -0.2) is 0 Å². The van der Waals surface area contributed by atoms with E-state index in [1.807, 2.05) is 13.8 Å². The molecule has 0 saturated carbocycles. The van der Waals surface area contributed by atoms with Gasteiger partial charge >= 0.3 is 0 Å². The van der Waals surface area contributed by atoms with E-state index in [9.17, 15) is 9.59 Å². The lowest BCUT2D eigenvalue weighted by molar-refractivity contribution is -0.116. The molecule has 1 rings (SSSR count). The third-order valence-corrected chi connectivity index (χ3v) is 2.56. The topological polar surface area (TPSA) is 84.2 Å². The molecule has 0 unspecified atom stereocenters. The lowest BCUT2D eigenvalue weighted by Crippen LogP contribution is -2.21. The molecule has 0 bridgehead atoms. The minimum Gasteiger partial charge on any atom is -0.366 e. The molecule has 1 aromatic rings. The van der Waals surface area contributed by atoms with Gasteiger partial charge < -0.3 is 16.4 Å². The van der Waals surface area contributed by atoms with E-state index in [1.54, 1.807) is 18.2 Å². The van der Waals surface area contributed by atoms with Crippen LogP contribution in [0.5, 0.6) is 0 Å². The van der Waals surface area contributed by atoms with Gasteiger partial charge in [0.05, 0.1) is 0 Å². The molecule has 5 heteroatoms. The highest BCUT2D eigenvalue weighted by Gasteiger charge is 2.07. The number of hydrogen-bond acceptors (Lipinski definition) is 3. The number of anilines is 1. The number of nitrogens with two attached hydrogens (primary N) is 1. The second-order valence-electron chi connectivity index (χ2n) is 4.05. The Labute approximate surface area is 107 Å². The molecule has 98 valence electrons. The number of rotatable bonds is 6. The fourth-order valence-corrected chi connectivity index (χ4v) is 1.55. The van der Waals surface area contributed by atoms with Crippen LogP contribution >= 0.6 is 0 Å². The first-order chi connectivity index (χ1) is 8.54. The van der Waals surface area contributed by atoms with E-state index in [-0.39, 0.29) is 5.91 Å². The van der Waals surface area contributed by atoms with Crippen molar-refractivity contribution in [1.82, 2.24) is 5.32 Å². The van der Waals surface area contributed by atoms with Crippen LogP contribution in [0.4, 0.5) is 5.69 Å². The van der Waals surface area contributed by atoms with Crippen LogP contribution in [-0.4, -0.2) is 24.9 Å². The van der Waals surface area contributed by atoms with E-state index < -0.39 is 5.91 Å². The summed E-state index contributed by atoms with van der Waals surface area (Å²) in [6, 6.07) is 4.97. The molecule has 2 amide bonds. The summed E-state index contributed by atoms with van der Waals surface area (Å²) in [6.07, 6.45) is 0.421. The average Bonchev–Trinajstić information content (AvgIpc) is 2.32. The third kappa shape index (κ3) is 4.18. The van der Waals surface area contributed by atoms with Crippen molar-refractivity contribution in [3.8, 4) is 0 Å². The number of carbonyl (C=O) groups is 2. The summed E-state index contributed by atoms with van der Waals surface area (Å²) in [6.45, 7) is 5.32. The fraction of sp³-hybridized carbons (Fsp3) is 0.385. The number of carbonyl (C=O) groups excluding carboxylic acids is 2. The fourth-order valence-electron chi connectivity index (χ4n) is 1.55. The zero-order valence-electron chi connectivity index (χ0n) is 10.7. The highest BCUT2D eigenvalue weighted by atomic mass is 16.2. The number of primary amides is 1. The van der Waals surface area contributed by atoms with Crippen LogP contribution in [0.15, 0.2) is 18.2 Å². The molecule has 0 aliphatic carbocycles. The maximum Gasteiger partial charge on any atom is 0.248 e. The van der Waals surface area contributed by atoms with E-state index in [0.717, 1.165) is 12.1 Å². The summed E-state index contributed by atoms with van der Waals surface area (Å²) in [5, 5.41) is 5.89. The van der Waals surface area contributed by atoms with Crippen molar-refractivity contribution >= 4 is 17.5 Å². The molecule has 0 aromatic heterocycles. The second kappa shape index (κ2) is 6.76. The van der Waals surface area contributed by atoms with Gasteiger partial charge in [0.1, 0.15) is 0 Å². The van der Waals surface area contributed by atoms with Crippen molar-refractivity contribution in [1.29, 1.82) is 0 Å². The quantitative estimate of drug-likeness (QED) is 0.658. The monoisotopic (exact) mass is 249 g/mol. The Hall–Kier alpha value is -1.88. The molecule has 0 aliphatic rings. The number of benzene rings is 1. The SMILES string of the molecule is CCNCCC(=O)Nc1ccc(C(N)=O)cc1C. The Balaban J connectivity index is 2.62. The Morgan fingerprint density at radius 3 is 2.61 bits per heavy atom. The van der Waals surface area contributed by atoms with Crippen LogP contribution in [0.2, 0.25) is 0 Å². The van der Waals surface area contributed by atoms with Gasteiger partial charge in [0.2, 0.25) is 11.8 Å². The lowest BCUT2D eigenvalue weighted by atomic mass is 10.1. The van der Waals surface area contributed by atoms with E-state index >= 15 is 0 Å². The normalized spacial score (nSPS) is 10.1. The van der Waals surface area contributed by atoms with E-state index in [1.165, 1.54) is 0 Å². The van der Waals surface area contributed by atoms with Gasteiger partial charge in [-0.3, -0.25) is 9.59 Å². The summed E-state index contributed by atoms with van der Waals surface area (Å²) in [7, 11) is 0. The van der Waals surface area contributed by atoms with Gasteiger partial charge in [-0.15, -0.1) is 0 Å². The standard InChI is InChI=1S/C13H19N3O2/c1-3-15-7-6-12(17)16-11-5-4-10(13(14)18)8-9(11)2/h4-5,8,15H,3,6-7H2,1-2H3,(H2,14,18)(H,16,17). The molecule has 5 nitrogen and oxygen atoms in total. The molecule has 0 radical (unpaired) electrons. The van der Waals surface area contributed by atoms with Crippen molar-refractivity contribution in [2.75, 3.05) is 18.4 Å². The molecular formula is C13H19N3O2. The smallest absolute Gasteiger partial charge is 0.248 e. The van der Waals surface area contributed by atoms with Crippen LogP contribution in [-0.2, 0) is 4.79 Å². The average molecular weight is 249 g/mol. The Bertz CT molecular complexity index is 444. The molecular weight excluding hydrogens is 230 g/mol. The summed E-state index contributed by atoms with van der Waals surface area (Å²) in [5.41, 5.74) is 7.16. The second-order valence-corrected chi connectivity index (χ2v) is 4.05. The molecule has 0 atom stereocenters. The van der Waals surface area contributed by atoms with Crippen LogP contribution in [0.3, 0.4) is 0 Å². The van der Waals surface area contributed by atoms with Crippen LogP contribution < -0.4 is 16.4 Å². The maximum absolute atomic E-state index is 11.6. The van der Waals surface area contributed by atoms with Gasteiger partial charge in [0.15, 0.2) is 0 Å². The Morgan fingerprint density at radius 1 is 1.33 bits per heavy atom. The predicted octanol–water partition coefficient (Wildman–Crippen LogP) is 1.03. The first-order valence-electron chi connectivity index (χ1n) is 5.95. The highest BCUT2D eigenvalue weighted by Crippen LogP contribution is 2.16. The van der Waals surface area contributed by atoms with Crippen LogP contribution in [0, 0.1) is 6.92 Å². The van der Waals surface area contributed by atoms with Gasteiger partial charge in [0.25, 0.3) is 0 Å². The molecule has 1 aromatic carbocycles. The molecule has 0 aliphatic heterocycles.